The normalized spacial score (nSPS) is 12.0. The van der Waals surface area contributed by atoms with Gasteiger partial charge in [-0.15, -0.1) is 0 Å². The number of carbonyl (C=O) groups is 1. The number of nitrogens with zero attached hydrogens (tertiary/aromatic N) is 3. The van der Waals surface area contributed by atoms with E-state index in [2.05, 4.69) is 26.3 Å². The number of benzene rings is 3. The Balaban J connectivity index is 1.68. The lowest BCUT2D eigenvalue weighted by Crippen LogP contribution is -2.24. The summed E-state index contributed by atoms with van der Waals surface area (Å²) in [5, 5.41) is 7.84. The average Bonchev–Trinajstić information content (AvgIpc) is 2.92. The van der Waals surface area contributed by atoms with Crippen LogP contribution in [0.4, 0.5) is 5.69 Å². The van der Waals surface area contributed by atoms with E-state index in [1.807, 2.05) is 57.2 Å². The molecule has 1 aromatic heterocycles. The van der Waals surface area contributed by atoms with Crippen molar-refractivity contribution in [1.29, 1.82) is 0 Å². The maximum atomic E-state index is 13.4. The van der Waals surface area contributed by atoms with Gasteiger partial charge in [-0.25, -0.2) is 4.98 Å². The lowest BCUT2D eigenvalue weighted by molar-refractivity contribution is -0.118. The molecular formula is C29H29BrN4O4. The standard InChI is InChI=1S/C29H29BrN4O4/c1-5-18(2)28-33-24-14-13-21(30)15-22(24)29(36)34(28)31-16-20-10-8-12-25(37-4)27(20)38-17-26(35)32-23-11-7-6-9-19(23)3/h6-16,18H,5,17H2,1-4H3,(H,32,35)/t18-/m1/s1. The molecule has 0 radical (unpaired) electrons. The van der Waals surface area contributed by atoms with Crippen molar-refractivity contribution in [2.24, 2.45) is 5.10 Å². The number of nitrogens with one attached hydrogen (secondary N) is 1. The van der Waals surface area contributed by atoms with Crippen molar-refractivity contribution in [2.45, 2.75) is 33.1 Å². The minimum Gasteiger partial charge on any atom is -0.493 e. The topological polar surface area (TPSA) is 94.8 Å². The van der Waals surface area contributed by atoms with Crippen molar-refractivity contribution in [3.8, 4) is 11.5 Å². The van der Waals surface area contributed by atoms with E-state index in [-0.39, 0.29) is 24.0 Å². The van der Waals surface area contributed by atoms with Gasteiger partial charge in [-0.1, -0.05) is 54.0 Å². The third-order valence-corrected chi connectivity index (χ3v) is 6.69. The molecule has 0 aliphatic heterocycles. The van der Waals surface area contributed by atoms with Crippen LogP contribution < -0.4 is 20.3 Å². The number of carbonyl (C=O) groups excluding carboxylic acids is 1. The van der Waals surface area contributed by atoms with E-state index in [4.69, 9.17) is 14.5 Å². The largest absolute Gasteiger partial charge is 0.493 e. The van der Waals surface area contributed by atoms with E-state index in [1.54, 1.807) is 24.3 Å². The van der Waals surface area contributed by atoms with Crippen LogP contribution in [0.1, 0.15) is 43.1 Å². The van der Waals surface area contributed by atoms with Gasteiger partial charge >= 0.3 is 0 Å². The molecular weight excluding hydrogens is 548 g/mol. The number of methoxy groups -OCH3 is 1. The maximum absolute atomic E-state index is 13.4. The Hall–Kier alpha value is -3.98. The van der Waals surface area contributed by atoms with Gasteiger partial charge in [0, 0.05) is 21.6 Å². The number of anilines is 1. The van der Waals surface area contributed by atoms with E-state index < -0.39 is 0 Å². The first-order valence-electron chi connectivity index (χ1n) is 12.2. The lowest BCUT2D eigenvalue weighted by atomic mass is 10.1. The fraction of sp³-hybridized carbons (Fsp3) is 0.241. The van der Waals surface area contributed by atoms with Crippen LogP contribution in [0.15, 0.2) is 75.0 Å². The van der Waals surface area contributed by atoms with Gasteiger partial charge in [0.2, 0.25) is 0 Å². The molecule has 1 heterocycles. The summed E-state index contributed by atoms with van der Waals surface area (Å²) < 4.78 is 13.5. The first kappa shape index (κ1) is 27.1. The summed E-state index contributed by atoms with van der Waals surface area (Å²) in [4.78, 5) is 30.8. The molecule has 196 valence electrons. The number of aromatic nitrogens is 2. The number of fused-ring (bicyclic) bond motifs is 1. The maximum Gasteiger partial charge on any atom is 0.282 e. The Morgan fingerprint density at radius 3 is 2.71 bits per heavy atom. The van der Waals surface area contributed by atoms with Gasteiger partial charge in [-0.05, 0) is 55.3 Å². The minimum atomic E-state index is -0.312. The van der Waals surface area contributed by atoms with Crippen molar-refractivity contribution >= 4 is 44.6 Å². The Morgan fingerprint density at radius 1 is 1.18 bits per heavy atom. The summed E-state index contributed by atoms with van der Waals surface area (Å²) in [6, 6.07) is 18.2. The Bertz CT molecular complexity index is 1560. The molecule has 0 spiro atoms. The van der Waals surface area contributed by atoms with Gasteiger partial charge in [-0.2, -0.15) is 9.78 Å². The zero-order valence-electron chi connectivity index (χ0n) is 21.7. The molecule has 0 bridgehead atoms. The molecule has 0 fully saturated rings. The summed E-state index contributed by atoms with van der Waals surface area (Å²) >= 11 is 3.43. The van der Waals surface area contributed by atoms with Crippen molar-refractivity contribution in [3.05, 3.63) is 92.4 Å². The third-order valence-electron chi connectivity index (χ3n) is 6.19. The second kappa shape index (κ2) is 12.0. The average molecular weight is 577 g/mol. The van der Waals surface area contributed by atoms with Crippen LogP contribution in [0.5, 0.6) is 11.5 Å². The molecule has 0 unspecified atom stereocenters. The molecule has 38 heavy (non-hydrogen) atoms. The summed E-state index contributed by atoms with van der Waals surface area (Å²) in [6.45, 7) is 5.72. The predicted octanol–water partition coefficient (Wildman–Crippen LogP) is 5.89. The third kappa shape index (κ3) is 5.94. The SMILES string of the molecule is CC[C@@H](C)c1nc2ccc(Br)cc2c(=O)n1N=Cc1cccc(OC)c1OCC(=O)Nc1ccccc1C. The number of hydrogen-bond acceptors (Lipinski definition) is 6. The molecule has 1 amide bonds. The molecule has 0 saturated carbocycles. The summed E-state index contributed by atoms with van der Waals surface area (Å²) in [5.74, 6) is 1.03. The van der Waals surface area contributed by atoms with Gasteiger partial charge in [0.05, 0.1) is 24.2 Å². The molecule has 1 atom stereocenters. The van der Waals surface area contributed by atoms with E-state index in [1.165, 1.54) is 18.0 Å². The van der Waals surface area contributed by atoms with Crippen molar-refractivity contribution in [3.63, 3.8) is 0 Å². The molecule has 3 aromatic carbocycles. The van der Waals surface area contributed by atoms with Crippen molar-refractivity contribution in [1.82, 2.24) is 9.66 Å². The van der Waals surface area contributed by atoms with Crippen LogP contribution in [0.3, 0.4) is 0 Å². The molecule has 4 aromatic rings. The van der Waals surface area contributed by atoms with Crippen molar-refractivity contribution < 1.29 is 14.3 Å². The van der Waals surface area contributed by atoms with Crippen LogP contribution in [0.25, 0.3) is 10.9 Å². The van der Waals surface area contributed by atoms with E-state index in [0.717, 1.165) is 22.1 Å². The molecule has 9 heteroatoms. The smallest absolute Gasteiger partial charge is 0.282 e. The van der Waals surface area contributed by atoms with Gasteiger partial charge < -0.3 is 14.8 Å². The van der Waals surface area contributed by atoms with Crippen molar-refractivity contribution in [2.75, 3.05) is 19.0 Å². The summed E-state index contributed by atoms with van der Waals surface area (Å²) in [7, 11) is 1.52. The number of halogens is 1. The van der Waals surface area contributed by atoms with Gasteiger partial charge in [0.25, 0.3) is 11.5 Å². The molecule has 4 rings (SSSR count). The lowest BCUT2D eigenvalue weighted by Gasteiger charge is -2.15. The molecule has 0 aliphatic rings. The second-order valence-corrected chi connectivity index (χ2v) is 9.75. The number of ether oxygens (including phenoxy) is 2. The fourth-order valence-corrected chi connectivity index (χ4v) is 4.25. The second-order valence-electron chi connectivity index (χ2n) is 8.83. The molecule has 0 aliphatic carbocycles. The highest BCUT2D eigenvalue weighted by molar-refractivity contribution is 9.10. The minimum absolute atomic E-state index is 0.000865. The van der Waals surface area contributed by atoms with E-state index in [9.17, 15) is 9.59 Å². The monoisotopic (exact) mass is 576 g/mol. The van der Waals surface area contributed by atoms with Crippen LogP contribution in [-0.2, 0) is 4.79 Å². The Morgan fingerprint density at radius 2 is 1.97 bits per heavy atom. The number of hydrogen-bond donors (Lipinski definition) is 1. The van der Waals surface area contributed by atoms with Gasteiger partial charge in [0.1, 0.15) is 5.82 Å². The zero-order valence-corrected chi connectivity index (χ0v) is 23.3. The highest BCUT2D eigenvalue weighted by Crippen LogP contribution is 2.30. The van der Waals surface area contributed by atoms with Gasteiger partial charge in [-0.3, -0.25) is 9.59 Å². The van der Waals surface area contributed by atoms with Crippen LogP contribution in [0, 0.1) is 6.92 Å². The number of para-hydroxylation sites is 2. The van der Waals surface area contributed by atoms with Crippen LogP contribution in [0.2, 0.25) is 0 Å². The van der Waals surface area contributed by atoms with Gasteiger partial charge in [0.15, 0.2) is 18.1 Å². The quantitative estimate of drug-likeness (QED) is 0.251. The van der Waals surface area contributed by atoms with Crippen LogP contribution in [-0.4, -0.2) is 35.5 Å². The zero-order chi connectivity index (χ0) is 27.2. The molecule has 1 N–H and O–H groups in total. The van der Waals surface area contributed by atoms with Crippen LogP contribution >= 0.6 is 15.9 Å². The fourth-order valence-electron chi connectivity index (χ4n) is 3.89. The Kier molecular flexibility index (Phi) is 8.58. The first-order valence-corrected chi connectivity index (χ1v) is 13.0. The highest BCUT2D eigenvalue weighted by atomic mass is 79.9. The highest BCUT2D eigenvalue weighted by Gasteiger charge is 2.17. The predicted molar refractivity (Wildman–Crippen MR) is 154 cm³/mol. The number of rotatable bonds is 9. The molecule has 8 nitrogen and oxygen atoms in total. The Labute approximate surface area is 229 Å². The summed E-state index contributed by atoms with van der Waals surface area (Å²) in [5.41, 5.74) is 2.56. The first-order chi connectivity index (χ1) is 18.3. The van der Waals surface area contributed by atoms with E-state index in [0.29, 0.717) is 33.8 Å². The summed E-state index contributed by atoms with van der Waals surface area (Å²) in [6.07, 6.45) is 2.31. The number of aryl methyl sites for hydroxylation is 1. The molecule has 0 saturated heterocycles. The number of amides is 1. The van der Waals surface area contributed by atoms with E-state index >= 15 is 0 Å².